The van der Waals surface area contributed by atoms with Crippen molar-refractivity contribution in [1.82, 2.24) is 15.1 Å². The quantitative estimate of drug-likeness (QED) is 0.835. The lowest BCUT2D eigenvalue weighted by atomic mass is 10.1. The zero-order chi connectivity index (χ0) is 16.8. The molecule has 0 saturated carbocycles. The second-order valence-corrected chi connectivity index (χ2v) is 5.98. The number of nitrogens with zero attached hydrogens (tertiary/aromatic N) is 2. The maximum Gasteiger partial charge on any atom is 0.234 e. The molecule has 2 amide bonds. The number of aromatic hydroxyl groups is 1. The molecule has 0 atom stereocenters. The third kappa shape index (κ3) is 5.11. The highest BCUT2D eigenvalue weighted by Gasteiger charge is 2.22. The molecule has 23 heavy (non-hydrogen) atoms. The Morgan fingerprint density at radius 1 is 1.26 bits per heavy atom. The third-order valence-electron chi connectivity index (χ3n) is 3.83. The summed E-state index contributed by atoms with van der Waals surface area (Å²) in [7, 11) is 0. The lowest BCUT2D eigenvalue weighted by Crippen LogP contribution is -2.51. The van der Waals surface area contributed by atoms with Gasteiger partial charge in [-0.1, -0.05) is 17.7 Å². The average Bonchev–Trinajstić information content (AvgIpc) is 2.52. The molecule has 2 N–H and O–H groups in total. The van der Waals surface area contributed by atoms with E-state index in [0.717, 1.165) is 5.56 Å². The maximum atomic E-state index is 12.3. The van der Waals surface area contributed by atoms with Gasteiger partial charge in [-0.15, -0.1) is 0 Å². The lowest BCUT2D eigenvalue weighted by Gasteiger charge is -2.34. The van der Waals surface area contributed by atoms with Crippen LogP contribution in [0.5, 0.6) is 5.75 Å². The van der Waals surface area contributed by atoms with Crippen molar-refractivity contribution in [3.8, 4) is 5.75 Å². The van der Waals surface area contributed by atoms with E-state index in [2.05, 4.69) is 5.32 Å². The summed E-state index contributed by atoms with van der Waals surface area (Å²) in [5, 5.41) is 12.4. The first kappa shape index (κ1) is 17.6. The molecule has 1 heterocycles. The molecule has 1 saturated heterocycles. The van der Waals surface area contributed by atoms with Crippen LogP contribution in [0.25, 0.3) is 0 Å². The Morgan fingerprint density at radius 2 is 1.96 bits per heavy atom. The molecule has 1 aromatic rings. The average molecular weight is 340 g/mol. The summed E-state index contributed by atoms with van der Waals surface area (Å²) in [4.78, 5) is 27.7. The highest BCUT2D eigenvalue weighted by molar-refractivity contribution is 6.32. The second kappa shape index (κ2) is 8.17. The van der Waals surface area contributed by atoms with Crippen molar-refractivity contribution < 1.29 is 14.7 Å². The molecule has 1 fully saturated rings. The summed E-state index contributed by atoms with van der Waals surface area (Å²) in [6.45, 7) is 5.52. The molecule has 2 rings (SSSR count). The number of halogens is 1. The molecular weight excluding hydrogens is 318 g/mol. The van der Waals surface area contributed by atoms with Gasteiger partial charge < -0.3 is 15.3 Å². The Morgan fingerprint density at radius 3 is 2.57 bits per heavy atom. The SMILES string of the molecule is CCNC(=O)CN1CCN(C(=O)Cc2ccc(O)c(Cl)c2)CC1. The molecular formula is C16H22ClN3O3. The van der Waals surface area contributed by atoms with Crippen LogP contribution in [0.15, 0.2) is 18.2 Å². The zero-order valence-electron chi connectivity index (χ0n) is 13.2. The van der Waals surface area contributed by atoms with Gasteiger partial charge in [-0.05, 0) is 24.6 Å². The van der Waals surface area contributed by atoms with E-state index in [1.807, 2.05) is 11.8 Å². The smallest absolute Gasteiger partial charge is 0.234 e. The Bertz CT molecular complexity index is 572. The zero-order valence-corrected chi connectivity index (χ0v) is 14.0. The van der Waals surface area contributed by atoms with Gasteiger partial charge in [-0.2, -0.15) is 0 Å². The van der Waals surface area contributed by atoms with Crippen LogP contribution < -0.4 is 5.32 Å². The molecule has 0 spiro atoms. The number of likely N-dealkylation sites (N-methyl/N-ethyl adjacent to an activating group) is 1. The summed E-state index contributed by atoms with van der Waals surface area (Å²) in [5.74, 6) is 0.0669. The minimum Gasteiger partial charge on any atom is -0.506 e. The summed E-state index contributed by atoms with van der Waals surface area (Å²) in [6, 6.07) is 4.81. The Hall–Kier alpha value is -1.79. The minimum atomic E-state index is 0.0156. The molecule has 126 valence electrons. The standard InChI is InChI=1S/C16H22ClN3O3/c1-2-18-15(22)11-19-5-7-20(8-6-19)16(23)10-12-3-4-14(21)13(17)9-12/h3-4,9,21H,2,5-8,10-11H2,1H3,(H,18,22). The van der Waals surface area contributed by atoms with Gasteiger partial charge in [0.15, 0.2) is 0 Å². The number of carbonyl (C=O) groups excluding carboxylic acids is 2. The lowest BCUT2D eigenvalue weighted by molar-refractivity contribution is -0.132. The molecule has 7 heteroatoms. The van der Waals surface area contributed by atoms with Crippen LogP contribution in [0.1, 0.15) is 12.5 Å². The van der Waals surface area contributed by atoms with E-state index in [0.29, 0.717) is 39.3 Å². The van der Waals surface area contributed by atoms with Gasteiger partial charge in [0, 0.05) is 32.7 Å². The largest absolute Gasteiger partial charge is 0.506 e. The van der Waals surface area contributed by atoms with E-state index in [-0.39, 0.29) is 29.0 Å². The van der Waals surface area contributed by atoms with Gasteiger partial charge in [0.2, 0.25) is 11.8 Å². The fraction of sp³-hybridized carbons (Fsp3) is 0.500. The Kier molecular flexibility index (Phi) is 6.24. The normalized spacial score (nSPS) is 15.5. The number of nitrogens with one attached hydrogen (secondary N) is 1. The van der Waals surface area contributed by atoms with Gasteiger partial charge in [0.1, 0.15) is 5.75 Å². The fourth-order valence-electron chi connectivity index (χ4n) is 2.56. The van der Waals surface area contributed by atoms with Crippen molar-refractivity contribution >= 4 is 23.4 Å². The van der Waals surface area contributed by atoms with Crippen molar-refractivity contribution in [2.75, 3.05) is 39.3 Å². The molecule has 0 unspecified atom stereocenters. The van der Waals surface area contributed by atoms with Crippen LogP contribution in [0.3, 0.4) is 0 Å². The van der Waals surface area contributed by atoms with Crippen molar-refractivity contribution in [2.45, 2.75) is 13.3 Å². The van der Waals surface area contributed by atoms with E-state index < -0.39 is 0 Å². The van der Waals surface area contributed by atoms with Crippen LogP contribution in [0.4, 0.5) is 0 Å². The van der Waals surface area contributed by atoms with E-state index in [1.54, 1.807) is 17.0 Å². The van der Waals surface area contributed by atoms with Gasteiger partial charge in [-0.25, -0.2) is 0 Å². The van der Waals surface area contributed by atoms with Crippen LogP contribution in [0.2, 0.25) is 5.02 Å². The van der Waals surface area contributed by atoms with E-state index in [4.69, 9.17) is 11.6 Å². The minimum absolute atomic E-state index is 0.0156. The van der Waals surface area contributed by atoms with Crippen molar-refractivity contribution in [3.63, 3.8) is 0 Å². The Balaban J connectivity index is 1.81. The highest BCUT2D eigenvalue weighted by atomic mass is 35.5. The number of phenolic OH excluding ortho intramolecular Hbond substituents is 1. The number of piperazine rings is 1. The molecule has 0 aromatic heterocycles. The molecule has 1 aliphatic rings. The van der Waals surface area contributed by atoms with Crippen LogP contribution >= 0.6 is 11.6 Å². The number of benzene rings is 1. The molecule has 6 nitrogen and oxygen atoms in total. The molecule has 0 radical (unpaired) electrons. The van der Waals surface area contributed by atoms with Gasteiger partial charge in [0.25, 0.3) is 0 Å². The topological polar surface area (TPSA) is 72.9 Å². The third-order valence-corrected chi connectivity index (χ3v) is 4.14. The van der Waals surface area contributed by atoms with E-state index in [9.17, 15) is 14.7 Å². The van der Waals surface area contributed by atoms with Crippen molar-refractivity contribution in [3.05, 3.63) is 28.8 Å². The second-order valence-electron chi connectivity index (χ2n) is 5.57. The number of rotatable bonds is 5. The van der Waals surface area contributed by atoms with Gasteiger partial charge >= 0.3 is 0 Å². The van der Waals surface area contributed by atoms with Gasteiger partial charge in [-0.3, -0.25) is 14.5 Å². The van der Waals surface area contributed by atoms with Crippen molar-refractivity contribution in [2.24, 2.45) is 0 Å². The van der Waals surface area contributed by atoms with Crippen LogP contribution in [0, 0.1) is 0 Å². The number of carbonyl (C=O) groups is 2. The van der Waals surface area contributed by atoms with Crippen LogP contribution in [-0.4, -0.2) is 66.0 Å². The number of amides is 2. The van der Waals surface area contributed by atoms with Crippen molar-refractivity contribution in [1.29, 1.82) is 0 Å². The molecule has 1 aromatic carbocycles. The molecule has 0 bridgehead atoms. The van der Waals surface area contributed by atoms with Crippen LogP contribution in [-0.2, 0) is 16.0 Å². The summed E-state index contributed by atoms with van der Waals surface area (Å²) in [5.41, 5.74) is 0.780. The first-order valence-corrected chi connectivity index (χ1v) is 8.11. The van der Waals surface area contributed by atoms with E-state index >= 15 is 0 Å². The first-order chi connectivity index (χ1) is 11.0. The predicted octanol–water partition coefficient (Wildman–Crippen LogP) is 0.868. The predicted molar refractivity (Wildman–Crippen MR) is 88.5 cm³/mol. The maximum absolute atomic E-state index is 12.3. The molecule has 1 aliphatic heterocycles. The van der Waals surface area contributed by atoms with E-state index in [1.165, 1.54) is 6.07 Å². The number of hydrogen-bond acceptors (Lipinski definition) is 4. The number of hydrogen-bond donors (Lipinski definition) is 2. The first-order valence-electron chi connectivity index (χ1n) is 7.73. The highest BCUT2D eigenvalue weighted by Crippen LogP contribution is 2.24. The summed E-state index contributed by atoms with van der Waals surface area (Å²) in [6.07, 6.45) is 0.260. The summed E-state index contributed by atoms with van der Waals surface area (Å²) >= 11 is 5.86. The Labute approximate surface area is 141 Å². The number of phenols is 1. The van der Waals surface area contributed by atoms with Gasteiger partial charge in [0.05, 0.1) is 18.0 Å². The summed E-state index contributed by atoms with van der Waals surface area (Å²) < 4.78 is 0. The molecule has 0 aliphatic carbocycles. The monoisotopic (exact) mass is 339 g/mol. The fourth-order valence-corrected chi connectivity index (χ4v) is 2.76.